The van der Waals surface area contributed by atoms with Crippen molar-refractivity contribution in [1.82, 2.24) is 9.88 Å². The summed E-state index contributed by atoms with van der Waals surface area (Å²) in [4.78, 5) is 22.7. The van der Waals surface area contributed by atoms with Gasteiger partial charge in [-0.25, -0.2) is 0 Å². The maximum atomic E-state index is 13.5. The number of carbonyl (C=O) groups excluding carboxylic acids is 1. The van der Waals surface area contributed by atoms with Crippen LogP contribution in [0.3, 0.4) is 0 Å². The Morgan fingerprint density at radius 3 is 2.60 bits per heavy atom. The van der Waals surface area contributed by atoms with E-state index in [2.05, 4.69) is 64.8 Å². The lowest BCUT2D eigenvalue weighted by Gasteiger charge is -2.37. The Hall–Kier alpha value is -3.25. The van der Waals surface area contributed by atoms with Crippen LogP contribution < -0.4 is 9.64 Å². The summed E-state index contributed by atoms with van der Waals surface area (Å²) in [6.45, 7) is 7.91. The largest absolute Gasteiger partial charge is 0.492 e. The van der Waals surface area contributed by atoms with E-state index in [-0.39, 0.29) is 11.8 Å². The van der Waals surface area contributed by atoms with Gasteiger partial charge >= 0.3 is 0 Å². The number of piperazine rings is 1. The molecular weight excluding hydrogens is 454 g/mol. The number of ether oxygens (including phenoxy) is 1. The fraction of sp³-hybridized carbons (Fsp3) is 0.345. The molecule has 1 amide bonds. The SMILES string of the molecule is CCOc1ccccc1N1CCN(C(=O)CC(c2cccs2)c2c[nH]c3c(CC)cccc23)CC1. The molecule has 182 valence electrons. The molecule has 1 aliphatic rings. The number of anilines is 1. The number of carbonyl (C=O) groups is 1. The molecule has 1 aliphatic heterocycles. The fourth-order valence-electron chi connectivity index (χ4n) is 5.17. The number of aromatic nitrogens is 1. The predicted octanol–water partition coefficient (Wildman–Crippen LogP) is 6.06. The third-order valence-corrected chi connectivity index (χ3v) is 7.98. The molecule has 0 bridgehead atoms. The number of fused-ring (bicyclic) bond motifs is 1. The number of nitrogens with zero attached hydrogens (tertiary/aromatic N) is 2. The van der Waals surface area contributed by atoms with Crippen LogP contribution in [0.5, 0.6) is 5.75 Å². The van der Waals surface area contributed by atoms with Crippen LogP contribution in [0.1, 0.15) is 42.2 Å². The zero-order valence-electron chi connectivity index (χ0n) is 20.5. The summed E-state index contributed by atoms with van der Waals surface area (Å²) < 4.78 is 5.83. The van der Waals surface area contributed by atoms with Crippen molar-refractivity contribution in [3.8, 4) is 5.75 Å². The summed E-state index contributed by atoms with van der Waals surface area (Å²) >= 11 is 1.73. The van der Waals surface area contributed by atoms with Gasteiger partial charge in [-0.05, 0) is 48.1 Å². The Labute approximate surface area is 211 Å². The lowest BCUT2D eigenvalue weighted by molar-refractivity contribution is -0.131. The fourth-order valence-corrected chi connectivity index (χ4v) is 6.02. The highest BCUT2D eigenvalue weighted by Gasteiger charge is 2.28. The van der Waals surface area contributed by atoms with Crippen LogP contribution in [0.15, 0.2) is 66.2 Å². The van der Waals surface area contributed by atoms with Crippen LogP contribution >= 0.6 is 11.3 Å². The molecule has 0 aliphatic carbocycles. The number of para-hydroxylation sites is 3. The third-order valence-electron chi connectivity index (χ3n) is 6.99. The molecule has 5 rings (SSSR count). The first-order valence-corrected chi connectivity index (χ1v) is 13.4. The van der Waals surface area contributed by atoms with Gasteiger partial charge in [0.25, 0.3) is 0 Å². The number of hydrogen-bond donors (Lipinski definition) is 1. The maximum Gasteiger partial charge on any atom is 0.223 e. The minimum absolute atomic E-state index is 0.0556. The van der Waals surface area contributed by atoms with Crippen molar-refractivity contribution in [3.05, 3.63) is 82.2 Å². The van der Waals surface area contributed by atoms with Gasteiger partial charge in [-0.15, -0.1) is 11.3 Å². The average molecular weight is 488 g/mol. The molecule has 2 aromatic heterocycles. The van der Waals surface area contributed by atoms with E-state index in [4.69, 9.17) is 4.74 Å². The Morgan fingerprint density at radius 2 is 1.86 bits per heavy atom. The first kappa shape index (κ1) is 23.5. The summed E-state index contributed by atoms with van der Waals surface area (Å²) in [6.07, 6.45) is 3.58. The molecule has 6 heteroatoms. The second-order valence-corrected chi connectivity index (χ2v) is 9.96. The standard InChI is InChI=1S/C29H33N3O2S/c1-3-21-9-7-10-22-24(20-30-29(21)22)23(27-13-8-18-35-27)19-28(33)32-16-14-31(15-17-32)25-11-5-6-12-26(25)34-4-2/h5-13,18,20,23,30H,3-4,14-17,19H2,1-2H3. The highest BCUT2D eigenvalue weighted by atomic mass is 32.1. The molecule has 2 aromatic carbocycles. The molecule has 35 heavy (non-hydrogen) atoms. The molecule has 0 radical (unpaired) electrons. The van der Waals surface area contributed by atoms with Gasteiger partial charge in [-0.1, -0.05) is 43.3 Å². The number of aryl methyl sites for hydroxylation is 1. The number of thiophene rings is 1. The minimum Gasteiger partial charge on any atom is -0.492 e. The molecule has 1 unspecified atom stereocenters. The summed E-state index contributed by atoms with van der Waals surface area (Å²) in [6, 6.07) is 18.9. The Morgan fingerprint density at radius 1 is 1.03 bits per heavy atom. The van der Waals surface area contributed by atoms with Gasteiger partial charge in [0.15, 0.2) is 0 Å². The molecule has 1 saturated heterocycles. The van der Waals surface area contributed by atoms with Gasteiger partial charge in [0.1, 0.15) is 5.75 Å². The van der Waals surface area contributed by atoms with E-state index in [1.54, 1.807) is 11.3 Å². The zero-order valence-corrected chi connectivity index (χ0v) is 21.3. The van der Waals surface area contributed by atoms with Crippen LogP contribution in [0.4, 0.5) is 5.69 Å². The second kappa shape index (κ2) is 10.6. The first-order chi connectivity index (χ1) is 17.2. The van der Waals surface area contributed by atoms with Gasteiger partial charge in [0.05, 0.1) is 12.3 Å². The minimum atomic E-state index is 0.0556. The number of nitrogens with one attached hydrogen (secondary N) is 1. The quantitative estimate of drug-likeness (QED) is 0.329. The average Bonchev–Trinajstić information content (AvgIpc) is 3.58. The van der Waals surface area contributed by atoms with Crippen molar-refractivity contribution >= 4 is 33.8 Å². The predicted molar refractivity (Wildman–Crippen MR) is 145 cm³/mol. The third kappa shape index (κ3) is 4.80. The lowest BCUT2D eigenvalue weighted by Crippen LogP contribution is -2.49. The van der Waals surface area contributed by atoms with Gasteiger partial charge in [-0.3, -0.25) is 4.79 Å². The van der Waals surface area contributed by atoms with Crippen LogP contribution in [0.2, 0.25) is 0 Å². The van der Waals surface area contributed by atoms with E-state index < -0.39 is 0 Å². The van der Waals surface area contributed by atoms with Gasteiger partial charge in [0, 0.05) is 60.5 Å². The normalized spacial score (nSPS) is 14.9. The summed E-state index contributed by atoms with van der Waals surface area (Å²) in [7, 11) is 0. The molecule has 1 atom stereocenters. The lowest BCUT2D eigenvalue weighted by atomic mass is 9.92. The van der Waals surface area contributed by atoms with Crippen molar-refractivity contribution in [2.75, 3.05) is 37.7 Å². The van der Waals surface area contributed by atoms with Crippen molar-refractivity contribution in [2.45, 2.75) is 32.6 Å². The van der Waals surface area contributed by atoms with Crippen molar-refractivity contribution in [1.29, 1.82) is 0 Å². The van der Waals surface area contributed by atoms with Crippen LogP contribution in [0.25, 0.3) is 10.9 Å². The highest BCUT2D eigenvalue weighted by molar-refractivity contribution is 7.10. The van der Waals surface area contributed by atoms with E-state index >= 15 is 0 Å². The van der Waals surface area contributed by atoms with E-state index in [9.17, 15) is 4.79 Å². The summed E-state index contributed by atoms with van der Waals surface area (Å²) in [5.74, 6) is 1.19. The van der Waals surface area contributed by atoms with E-state index in [0.717, 1.165) is 44.0 Å². The first-order valence-electron chi connectivity index (χ1n) is 12.6. The smallest absolute Gasteiger partial charge is 0.223 e. The van der Waals surface area contributed by atoms with Crippen molar-refractivity contribution in [2.24, 2.45) is 0 Å². The summed E-state index contributed by atoms with van der Waals surface area (Å²) in [5, 5.41) is 3.33. The van der Waals surface area contributed by atoms with E-state index in [1.807, 2.05) is 30.0 Å². The number of amides is 1. The molecule has 3 heterocycles. The molecule has 1 N–H and O–H groups in total. The van der Waals surface area contributed by atoms with E-state index in [0.29, 0.717) is 13.0 Å². The Bertz CT molecular complexity index is 1270. The maximum absolute atomic E-state index is 13.5. The molecule has 5 nitrogen and oxygen atoms in total. The van der Waals surface area contributed by atoms with E-state index in [1.165, 1.54) is 26.9 Å². The molecular formula is C29H33N3O2S. The topological polar surface area (TPSA) is 48.6 Å². The number of H-pyrrole nitrogens is 1. The molecule has 0 spiro atoms. The number of rotatable bonds is 8. The number of benzene rings is 2. The summed E-state index contributed by atoms with van der Waals surface area (Å²) in [5.41, 5.74) is 4.84. The number of hydrogen-bond acceptors (Lipinski definition) is 4. The second-order valence-electron chi connectivity index (χ2n) is 8.98. The molecule has 0 saturated carbocycles. The highest BCUT2D eigenvalue weighted by Crippen LogP contribution is 2.37. The number of aromatic amines is 1. The molecule has 4 aromatic rings. The Kier molecular flexibility index (Phi) is 7.09. The van der Waals surface area contributed by atoms with Crippen molar-refractivity contribution in [3.63, 3.8) is 0 Å². The van der Waals surface area contributed by atoms with Crippen LogP contribution in [0, 0.1) is 0 Å². The molecule has 1 fully saturated rings. The zero-order chi connectivity index (χ0) is 24.2. The van der Waals surface area contributed by atoms with Gasteiger partial charge in [0.2, 0.25) is 5.91 Å². The van der Waals surface area contributed by atoms with Gasteiger partial charge in [-0.2, -0.15) is 0 Å². The van der Waals surface area contributed by atoms with Crippen LogP contribution in [-0.4, -0.2) is 48.6 Å². The van der Waals surface area contributed by atoms with Gasteiger partial charge < -0.3 is 19.5 Å². The van der Waals surface area contributed by atoms with Crippen molar-refractivity contribution < 1.29 is 9.53 Å². The van der Waals surface area contributed by atoms with Crippen LogP contribution in [-0.2, 0) is 11.2 Å². The monoisotopic (exact) mass is 487 g/mol. The Balaban J connectivity index is 1.33.